The normalized spacial score (nSPS) is 31.3. The summed E-state index contributed by atoms with van der Waals surface area (Å²) in [5, 5.41) is 9.32. The van der Waals surface area contributed by atoms with Crippen LogP contribution in [-0.4, -0.2) is 54.5 Å². The molecule has 22 heavy (non-hydrogen) atoms. The molecule has 3 N–H and O–H groups in total. The van der Waals surface area contributed by atoms with Gasteiger partial charge in [0.15, 0.2) is 5.96 Å². The second kappa shape index (κ2) is 6.54. The molecule has 0 radical (unpaired) electrons. The number of hydrogen-bond donors (Lipinski definition) is 3. The largest absolute Gasteiger partial charge is 0.356 e. The van der Waals surface area contributed by atoms with Gasteiger partial charge in [0.1, 0.15) is 5.54 Å². The molecule has 3 atom stereocenters. The molecule has 1 aliphatic carbocycles. The molecule has 1 aliphatic heterocycles. The van der Waals surface area contributed by atoms with Crippen molar-refractivity contribution in [3.63, 3.8) is 0 Å². The number of nitrogens with zero attached hydrogens (tertiary/aromatic N) is 2. The third kappa shape index (κ3) is 3.51. The Morgan fingerprint density at radius 2 is 2.18 bits per heavy atom. The van der Waals surface area contributed by atoms with E-state index in [4.69, 9.17) is 0 Å². The predicted molar refractivity (Wildman–Crippen MR) is 85.6 cm³/mol. The van der Waals surface area contributed by atoms with E-state index in [1.54, 1.807) is 14.0 Å². The first-order valence-corrected chi connectivity index (χ1v) is 8.02. The van der Waals surface area contributed by atoms with E-state index >= 15 is 0 Å². The number of hydrogen-bond acceptors (Lipinski definition) is 3. The first kappa shape index (κ1) is 16.6. The van der Waals surface area contributed by atoms with E-state index in [-0.39, 0.29) is 11.9 Å². The molecule has 2 fully saturated rings. The van der Waals surface area contributed by atoms with Crippen molar-refractivity contribution in [1.29, 1.82) is 0 Å². The van der Waals surface area contributed by atoms with Gasteiger partial charge in [0.05, 0.1) is 0 Å². The van der Waals surface area contributed by atoms with Crippen LogP contribution in [0.25, 0.3) is 0 Å². The number of amides is 3. The molecule has 1 saturated carbocycles. The first-order chi connectivity index (χ1) is 10.4. The van der Waals surface area contributed by atoms with Gasteiger partial charge in [-0.15, -0.1) is 0 Å². The molecule has 0 aromatic rings. The molecular formula is C15H27N5O2. The van der Waals surface area contributed by atoms with Gasteiger partial charge in [0.2, 0.25) is 0 Å². The monoisotopic (exact) mass is 309 g/mol. The molecule has 1 saturated heterocycles. The third-order valence-electron chi connectivity index (χ3n) is 4.56. The standard InChI is InChI=1S/C15H27N5O2/c1-5-15(3)12(21)20(14(22)19-15)8-6-7-17-13(16-4)18-11-9-10(11)2/h10-11H,5-9H2,1-4H3,(H,19,22)(H2,16,17,18). The van der Waals surface area contributed by atoms with Crippen LogP contribution in [0.5, 0.6) is 0 Å². The van der Waals surface area contributed by atoms with Gasteiger partial charge in [0, 0.05) is 26.2 Å². The number of carbonyl (C=O) groups is 2. The summed E-state index contributed by atoms with van der Waals surface area (Å²) in [6.07, 6.45) is 2.47. The number of guanidine groups is 1. The highest BCUT2D eigenvalue weighted by Gasteiger charge is 2.45. The molecule has 1 heterocycles. The van der Waals surface area contributed by atoms with Crippen LogP contribution < -0.4 is 16.0 Å². The average Bonchev–Trinajstić information content (AvgIpc) is 3.14. The molecule has 0 aromatic heterocycles. The van der Waals surface area contributed by atoms with Crippen LogP contribution in [0.4, 0.5) is 4.79 Å². The minimum atomic E-state index is -0.746. The molecular weight excluding hydrogens is 282 g/mol. The molecule has 0 aromatic carbocycles. The lowest BCUT2D eigenvalue weighted by Gasteiger charge is -2.19. The molecule has 7 heteroatoms. The Morgan fingerprint density at radius 1 is 1.50 bits per heavy atom. The van der Waals surface area contributed by atoms with Crippen molar-refractivity contribution in [2.45, 2.75) is 51.6 Å². The van der Waals surface area contributed by atoms with E-state index < -0.39 is 5.54 Å². The Kier molecular flexibility index (Phi) is 4.93. The van der Waals surface area contributed by atoms with Gasteiger partial charge in [0.25, 0.3) is 5.91 Å². The maximum Gasteiger partial charge on any atom is 0.325 e. The van der Waals surface area contributed by atoms with Crippen LogP contribution in [0.2, 0.25) is 0 Å². The SMILES string of the molecule is CCC1(C)NC(=O)N(CCCNC(=NC)NC2CC2C)C1=O. The summed E-state index contributed by atoms with van der Waals surface area (Å²) in [6.45, 7) is 6.96. The Morgan fingerprint density at radius 3 is 2.68 bits per heavy atom. The fourth-order valence-corrected chi connectivity index (χ4v) is 2.53. The summed E-state index contributed by atoms with van der Waals surface area (Å²) in [7, 11) is 1.74. The van der Waals surface area contributed by atoms with Gasteiger partial charge in [-0.1, -0.05) is 13.8 Å². The zero-order valence-corrected chi connectivity index (χ0v) is 13.9. The molecule has 124 valence electrons. The molecule has 2 aliphatic rings. The smallest absolute Gasteiger partial charge is 0.325 e. The van der Waals surface area contributed by atoms with Crippen molar-refractivity contribution in [2.75, 3.05) is 20.1 Å². The van der Waals surface area contributed by atoms with Crippen molar-refractivity contribution in [3.05, 3.63) is 0 Å². The maximum atomic E-state index is 12.2. The fraction of sp³-hybridized carbons (Fsp3) is 0.800. The van der Waals surface area contributed by atoms with Crippen molar-refractivity contribution < 1.29 is 9.59 Å². The lowest BCUT2D eigenvalue weighted by molar-refractivity contribution is -0.130. The quantitative estimate of drug-likeness (QED) is 0.291. The van der Waals surface area contributed by atoms with Gasteiger partial charge in [-0.2, -0.15) is 0 Å². The minimum absolute atomic E-state index is 0.130. The van der Waals surface area contributed by atoms with Gasteiger partial charge in [-0.25, -0.2) is 4.79 Å². The summed E-state index contributed by atoms with van der Waals surface area (Å²) < 4.78 is 0. The van der Waals surface area contributed by atoms with E-state index in [0.717, 1.165) is 5.96 Å². The van der Waals surface area contributed by atoms with Gasteiger partial charge in [-0.05, 0) is 32.1 Å². The van der Waals surface area contributed by atoms with Gasteiger partial charge < -0.3 is 16.0 Å². The Bertz CT molecular complexity index is 479. The Hall–Kier alpha value is -1.79. The van der Waals surface area contributed by atoms with Gasteiger partial charge >= 0.3 is 6.03 Å². The number of aliphatic imine (C=N–C) groups is 1. The number of imide groups is 1. The second-order valence-electron chi connectivity index (χ2n) is 6.39. The highest BCUT2D eigenvalue weighted by Crippen LogP contribution is 2.28. The van der Waals surface area contributed by atoms with Crippen molar-refractivity contribution in [1.82, 2.24) is 20.9 Å². The van der Waals surface area contributed by atoms with E-state index in [9.17, 15) is 9.59 Å². The highest BCUT2D eigenvalue weighted by molar-refractivity contribution is 6.06. The summed E-state index contributed by atoms with van der Waals surface area (Å²) in [5.74, 6) is 1.36. The van der Waals surface area contributed by atoms with Crippen molar-refractivity contribution in [3.8, 4) is 0 Å². The van der Waals surface area contributed by atoms with Gasteiger partial charge in [-0.3, -0.25) is 14.7 Å². The van der Waals surface area contributed by atoms with E-state index in [1.807, 2.05) is 6.92 Å². The van der Waals surface area contributed by atoms with E-state index in [0.29, 0.717) is 37.9 Å². The lowest BCUT2D eigenvalue weighted by atomic mass is 9.99. The molecule has 3 unspecified atom stereocenters. The van der Waals surface area contributed by atoms with Crippen LogP contribution in [0.3, 0.4) is 0 Å². The number of nitrogens with one attached hydrogen (secondary N) is 3. The van der Waals surface area contributed by atoms with Crippen LogP contribution in [0.1, 0.15) is 40.0 Å². The molecule has 3 amide bonds. The average molecular weight is 309 g/mol. The summed E-state index contributed by atoms with van der Waals surface area (Å²) in [6, 6.07) is 0.228. The zero-order chi connectivity index (χ0) is 16.3. The van der Waals surface area contributed by atoms with Crippen LogP contribution in [-0.2, 0) is 4.79 Å². The Balaban J connectivity index is 1.72. The van der Waals surface area contributed by atoms with E-state index in [2.05, 4.69) is 27.9 Å². The second-order valence-corrected chi connectivity index (χ2v) is 6.39. The van der Waals surface area contributed by atoms with Crippen LogP contribution in [0.15, 0.2) is 4.99 Å². The maximum absolute atomic E-state index is 12.2. The molecule has 0 spiro atoms. The molecule has 0 bridgehead atoms. The zero-order valence-electron chi connectivity index (χ0n) is 13.9. The number of rotatable bonds is 6. The van der Waals surface area contributed by atoms with Crippen LogP contribution >= 0.6 is 0 Å². The predicted octanol–water partition coefficient (Wildman–Crippen LogP) is 0.670. The summed E-state index contributed by atoms with van der Waals surface area (Å²) >= 11 is 0. The number of carbonyl (C=O) groups excluding carboxylic acids is 2. The highest BCUT2D eigenvalue weighted by atomic mass is 16.2. The van der Waals surface area contributed by atoms with Crippen molar-refractivity contribution in [2.24, 2.45) is 10.9 Å². The topological polar surface area (TPSA) is 85.8 Å². The Labute approximate surface area is 131 Å². The van der Waals surface area contributed by atoms with Crippen molar-refractivity contribution >= 4 is 17.9 Å². The lowest BCUT2D eigenvalue weighted by Crippen LogP contribution is -2.43. The fourth-order valence-electron chi connectivity index (χ4n) is 2.53. The molecule has 7 nitrogen and oxygen atoms in total. The van der Waals surface area contributed by atoms with Crippen LogP contribution in [0, 0.1) is 5.92 Å². The van der Waals surface area contributed by atoms with E-state index in [1.165, 1.54) is 11.3 Å². The summed E-state index contributed by atoms with van der Waals surface area (Å²) in [4.78, 5) is 29.6. The molecule has 2 rings (SSSR count). The summed E-state index contributed by atoms with van der Waals surface area (Å²) in [5.41, 5.74) is -0.746. The first-order valence-electron chi connectivity index (χ1n) is 8.02. The minimum Gasteiger partial charge on any atom is -0.356 e. The number of urea groups is 1. The third-order valence-corrected chi connectivity index (χ3v) is 4.56.